The van der Waals surface area contributed by atoms with Crippen molar-refractivity contribution in [2.75, 3.05) is 6.54 Å². The van der Waals surface area contributed by atoms with Crippen molar-refractivity contribution < 1.29 is 9.59 Å². The normalized spacial score (nSPS) is 29.4. The Morgan fingerprint density at radius 1 is 1.42 bits per heavy atom. The molecular formula is C8H14N2O2. The summed E-state index contributed by atoms with van der Waals surface area (Å²) in [5, 5.41) is 2.67. The van der Waals surface area contributed by atoms with Gasteiger partial charge in [0, 0.05) is 6.54 Å². The zero-order valence-corrected chi connectivity index (χ0v) is 7.68. The van der Waals surface area contributed by atoms with Crippen LogP contribution in [0, 0.1) is 0 Å². The Morgan fingerprint density at radius 2 is 2.00 bits per heavy atom. The SMILES string of the molecule is CCN1C(=O)NC(C)(CC)C1=O. The van der Waals surface area contributed by atoms with E-state index >= 15 is 0 Å². The molecule has 1 fully saturated rings. The molecule has 0 aliphatic carbocycles. The average molecular weight is 170 g/mol. The highest BCUT2D eigenvalue weighted by atomic mass is 16.2. The fourth-order valence-corrected chi connectivity index (χ4v) is 1.27. The van der Waals surface area contributed by atoms with E-state index in [4.69, 9.17) is 0 Å². The van der Waals surface area contributed by atoms with Crippen LogP contribution in [-0.4, -0.2) is 28.9 Å². The minimum absolute atomic E-state index is 0.113. The summed E-state index contributed by atoms with van der Waals surface area (Å²) >= 11 is 0. The van der Waals surface area contributed by atoms with Gasteiger partial charge in [0.05, 0.1) is 0 Å². The van der Waals surface area contributed by atoms with E-state index in [-0.39, 0.29) is 11.9 Å². The van der Waals surface area contributed by atoms with Gasteiger partial charge >= 0.3 is 6.03 Å². The highest BCUT2D eigenvalue weighted by molar-refractivity contribution is 6.06. The monoisotopic (exact) mass is 170 g/mol. The first-order chi connectivity index (χ1) is 5.55. The van der Waals surface area contributed by atoms with Crippen LogP contribution < -0.4 is 5.32 Å². The molecule has 1 rings (SSSR count). The molecule has 1 heterocycles. The largest absolute Gasteiger partial charge is 0.325 e. The van der Waals surface area contributed by atoms with Crippen molar-refractivity contribution in [2.24, 2.45) is 0 Å². The molecule has 0 saturated carbocycles. The van der Waals surface area contributed by atoms with E-state index in [1.165, 1.54) is 4.90 Å². The number of nitrogens with zero attached hydrogens (tertiary/aromatic N) is 1. The predicted octanol–water partition coefficient (Wildman–Crippen LogP) is 0.727. The molecule has 4 nitrogen and oxygen atoms in total. The van der Waals surface area contributed by atoms with Crippen molar-refractivity contribution in [3.8, 4) is 0 Å². The Morgan fingerprint density at radius 3 is 2.25 bits per heavy atom. The third kappa shape index (κ3) is 1.07. The number of likely N-dealkylation sites (N-methyl/N-ethyl adjacent to an activating group) is 1. The summed E-state index contributed by atoms with van der Waals surface area (Å²) in [6, 6.07) is -0.271. The zero-order chi connectivity index (χ0) is 9.35. The summed E-state index contributed by atoms with van der Waals surface area (Å²) in [6.07, 6.45) is 0.633. The molecule has 1 N–H and O–H groups in total. The standard InChI is InChI=1S/C8H14N2O2/c1-4-8(3)6(11)10(5-2)7(12)9-8/h4-5H2,1-3H3,(H,9,12). The summed E-state index contributed by atoms with van der Waals surface area (Å²) in [5.74, 6) is -0.113. The second-order valence-corrected chi connectivity index (χ2v) is 3.17. The van der Waals surface area contributed by atoms with Crippen LogP contribution in [0.1, 0.15) is 27.2 Å². The summed E-state index contributed by atoms with van der Waals surface area (Å²) in [4.78, 5) is 24.0. The van der Waals surface area contributed by atoms with Crippen molar-refractivity contribution in [2.45, 2.75) is 32.7 Å². The van der Waals surface area contributed by atoms with Gasteiger partial charge in [-0.15, -0.1) is 0 Å². The maximum Gasteiger partial charge on any atom is 0.325 e. The number of nitrogens with one attached hydrogen (secondary N) is 1. The first kappa shape index (κ1) is 9.03. The van der Waals surface area contributed by atoms with Gasteiger partial charge in [-0.1, -0.05) is 6.92 Å². The molecule has 1 aliphatic rings. The minimum atomic E-state index is -0.674. The Labute approximate surface area is 71.9 Å². The lowest BCUT2D eigenvalue weighted by molar-refractivity contribution is -0.130. The molecule has 1 atom stereocenters. The molecule has 0 aromatic heterocycles. The van der Waals surface area contributed by atoms with E-state index in [9.17, 15) is 9.59 Å². The van der Waals surface area contributed by atoms with Gasteiger partial charge in [-0.25, -0.2) is 4.79 Å². The Balaban J connectivity index is 2.89. The average Bonchev–Trinajstić information content (AvgIpc) is 2.25. The number of carbonyl (C=O) groups is 2. The van der Waals surface area contributed by atoms with Gasteiger partial charge < -0.3 is 5.32 Å². The molecule has 4 heteroatoms. The summed E-state index contributed by atoms with van der Waals surface area (Å²) < 4.78 is 0. The lowest BCUT2D eigenvalue weighted by Crippen LogP contribution is -2.43. The third-order valence-electron chi connectivity index (χ3n) is 2.37. The number of urea groups is 1. The number of imide groups is 1. The van der Waals surface area contributed by atoms with Crippen LogP contribution in [0.15, 0.2) is 0 Å². The molecule has 0 spiro atoms. The fraction of sp³-hybridized carbons (Fsp3) is 0.750. The Hall–Kier alpha value is -1.06. The molecule has 68 valence electrons. The van der Waals surface area contributed by atoms with Crippen molar-refractivity contribution in [3.05, 3.63) is 0 Å². The van der Waals surface area contributed by atoms with E-state index < -0.39 is 5.54 Å². The lowest BCUT2D eigenvalue weighted by atomic mass is 10.00. The smallest absolute Gasteiger partial charge is 0.323 e. The third-order valence-corrected chi connectivity index (χ3v) is 2.37. The number of hydrogen-bond acceptors (Lipinski definition) is 2. The molecule has 0 aromatic rings. The highest BCUT2D eigenvalue weighted by Crippen LogP contribution is 2.19. The topological polar surface area (TPSA) is 49.4 Å². The van der Waals surface area contributed by atoms with Crippen LogP contribution in [0.2, 0.25) is 0 Å². The quantitative estimate of drug-likeness (QED) is 0.621. The number of rotatable bonds is 2. The zero-order valence-electron chi connectivity index (χ0n) is 7.68. The van der Waals surface area contributed by atoms with Gasteiger partial charge in [-0.2, -0.15) is 0 Å². The van der Waals surface area contributed by atoms with Crippen LogP contribution in [0.25, 0.3) is 0 Å². The molecule has 12 heavy (non-hydrogen) atoms. The van der Waals surface area contributed by atoms with Crippen LogP contribution in [-0.2, 0) is 4.79 Å². The van der Waals surface area contributed by atoms with Gasteiger partial charge in [0.25, 0.3) is 5.91 Å². The van der Waals surface area contributed by atoms with Crippen molar-refractivity contribution in [1.82, 2.24) is 10.2 Å². The van der Waals surface area contributed by atoms with Gasteiger partial charge in [0.1, 0.15) is 5.54 Å². The first-order valence-corrected chi connectivity index (χ1v) is 4.19. The summed E-state index contributed by atoms with van der Waals surface area (Å²) in [7, 11) is 0. The summed E-state index contributed by atoms with van der Waals surface area (Å²) in [6.45, 7) is 5.87. The molecule has 1 unspecified atom stereocenters. The molecule has 0 radical (unpaired) electrons. The number of amides is 3. The van der Waals surface area contributed by atoms with Crippen LogP contribution in [0.3, 0.4) is 0 Å². The van der Waals surface area contributed by atoms with E-state index in [0.29, 0.717) is 13.0 Å². The van der Waals surface area contributed by atoms with Crippen LogP contribution in [0.4, 0.5) is 4.79 Å². The molecule has 1 saturated heterocycles. The fourth-order valence-electron chi connectivity index (χ4n) is 1.27. The van der Waals surface area contributed by atoms with Gasteiger partial charge in [0.2, 0.25) is 0 Å². The maximum atomic E-state index is 11.5. The van der Waals surface area contributed by atoms with Crippen LogP contribution >= 0.6 is 0 Å². The number of carbonyl (C=O) groups excluding carboxylic acids is 2. The Bertz CT molecular complexity index is 227. The van der Waals surface area contributed by atoms with Gasteiger partial charge in [0.15, 0.2) is 0 Å². The van der Waals surface area contributed by atoms with Crippen LogP contribution in [0.5, 0.6) is 0 Å². The molecule has 0 aromatic carbocycles. The van der Waals surface area contributed by atoms with Crippen molar-refractivity contribution in [3.63, 3.8) is 0 Å². The summed E-state index contributed by atoms with van der Waals surface area (Å²) in [5.41, 5.74) is -0.674. The number of hydrogen-bond donors (Lipinski definition) is 1. The van der Waals surface area contributed by atoms with Gasteiger partial charge in [-0.3, -0.25) is 9.69 Å². The molecule has 0 bridgehead atoms. The second kappa shape index (κ2) is 2.77. The molecule has 3 amide bonds. The molecular weight excluding hydrogens is 156 g/mol. The minimum Gasteiger partial charge on any atom is -0.323 e. The van der Waals surface area contributed by atoms with E-state index in [1.807, 2.05) is 6.92 Å². The van der Waals surface area contributed by atoms with E-state index in [1.54, 1.807) is 13.8 Å². The van der Waals surface area contributed by atoms with E-state index in [0.717, 1.165) is 0 Å². The van der Waals surface area contributed by atoms with Crippen molar-refractivity contribution >= 4 is 11.9 Å². The molecule has 1 aliphatic heterocycles. The van der Waals surface area contributed by atoms with Crippen molar-refractivity contribution in [1.29, 1.82) is 0 Å². The maximum absolute atomic E-state index is 11.5. The lowest BCUT2D eigenvalue weighted by Gasteiger charge is -2.18. The second-order valence-electron chi connectivity index (χ2n) is 3.17. The van der Waals surface area contributed by atoms with Gasteiger partial charge in [-0.05, 0) is 20.3 Å². The van der Waals surface area contributed by atoms with E-state index in [2.05, 4.69) is 5.32 Å². The first-order valence-electron chi connectivity index (χ1n) is 4.19. The predicted molar refractivity (Wildman–Crippen MR) is 44.6 cm³/mol. The Kier molecular flexibility index (Phi) is 2.08. The highest BCUT2D eigenvalue weighted by Gasteiger charge is 2.45.